The summed E-state index contributed by atoms with van der Waals surface area (Å²) in [7, 11) is 0. The van der Waals surface area contributed by atoms with Crippen molar-refractivity contribution in [2.75, 3.05) is 5.73 Å². The molecule has 0 aliphatic rings. The van der Waals surface area contributed by atoms with Gasteiger partial charge in [-0.3, -0.25) is 0 Å². The lowest BCUT2D eigenvalue weighted by molar-refractivity contribution is 0.685. The molecule has 5 heteroatoms. The molecule has 0 aliphatic carbocycles. The number of anilines is 1. The SMILES string of the molecule is N#Cc1c(Cc2cccc3ccccc23)nn(Cc2ccc(Br)cc2)c1N. The van der Waals surface area contributed by atoms with Gasteiger partial charge in [0.1, 0.15) is 17.5 Å². The number of fused-ring (bicyclic) bond motifs is 1. The fourth-order valence-electron chi connectivity index (χ4n) is 3.28. The van der Waals surface area contributed by atoms with Crippen molar-refractivity contribution in [3.63, 3.8) is 0 Å². The number of benzene rings is 3. The molecule has 0 unspecified atom stereocenters. The monoisotopic (exact) mass is 416 g/mol. The van der Waals surface area contributed by atoms with Crippen LogP contribution in [0, 0.1) is 11.3 Å². The van der Waals surface area contributed by atoms with Crippen LogP contribution in [-0.2, 0) is 13.0 Å². The molecule has 1 heterocycles. The number of halogens is 1. The molecular formula is C22H17BrN4. The lowest BCUT2D eigenvalue weighted by atomic mass is 10.00. The number of nitriles is 1. The van der Waals surface area contributed by atoms with Gasteiger partial charge in [0.25, 0.3) is 0 Å². The molecule has 3 aromatic carbocycles. The predicted octanol–water partition coefficient (Wildman–Crippen LogP) is 4.89. The molecule has 0 radical (unpaired) electrons. The van der Waals surface area contributed by atoms with Gasteiger partial charge < -0.3 is 5.73 Å². The van der Waals surface area contributed by atoms with E-state index in [2.05, 4.69) is 51.4 Å². The second-order valence-corrected chi connectivity index (χ2v) is 7.33. The first-order valence-electron chi connectivity index (χ1n) is 8.62. The van der Waals surface area contributed by atoms with E-state index in [4.69, 9.17) is 5.73 Å². The van der Waals surface area contributed by atoms with Crippen molar-refractivity contribution in [1.82, 2.24) is 9.78 Å². The maximum atomic E-state index is 9.62. The van der Waals surface area contributed by atoms with E-state index in [0.29, 0.717) is 30.0 Å². The summed E-state index contributed by atoms with van der Waals surface area (Å²) >= 11 is 3.44. The van der Waals surface area contributed by atoms with Gasteiger partial charge in [-0.2, -0.15) is 10.4 Å². The van der Waals surface area contributed by atoms with Gasteiger partial charge >= 0.3 is 0 Å². The molecule has 4 nitrogen and oxygen atoms in total. The van der Waals surface area contributed by atoms with E-state index in [1.54, 1.807) is 4.68 Å². The summed E-state index contributed by atoms with van der Waals surface area (Å²) in [6.45, 7) is 0.531. The Morgan fingerprint density at radius 2 is 1.74 bits per heavy atom. The van der Waals surface area contributed by atoms with Crippen LogP contribution in [0.2, 0.25) is 0 Å². The number of nitrogen functional groups attached to an aromatic ring is 1. The molecule has 132 valence electrons. The molecule has 0 spiro atoms. The van der Waals surface area contributed by atoms with Crippen LogP contribution in [0.5, 0.6) is 0 Å². The van der Waals surface area contributed by atoms with E-state index < -0.39 is 0 Å². The van der Waals surface area contributed by atoms with Crippen LogP contribution in [0.4, 0.5) is 5.82 Å². The zero-order valence-electron chi connectivity index (χ0n) is 14.6. The first-order chi connectivity index (χ1) is 13.2. The Kier molecular flexibility index (Phi) is 4.66. The van der Waals surface area contributed by atoms with Gasteiger partial charge in [0.15, 0.2) is 0 Å². The Morgan fingerprint density at radius 1 is 1.00 bits per heavy atom. The van der Waals surface area contributed by atoms with Gasteiger partial charge in [0.2, 0.25) is 0 Å². The molecule has 2 N–H and O–H groups in total. The topological polar surface area (TPSA) is 67.6 Å². The first-order valence-corrected chi connectivity index (χ1v) is 9.41. The average molecular weight is 417 g/mol. The molecule has 1 aromatic heterocycles. The molecule has 4 aromatic rings. The number of rotatable bonds is 4. The minimum absolute atomic E-state index is 0.413. The fraction of sp³-hybridized carbons (Fsp3) is 0.0909. The van der Waals surface area contributed by atoms with Crippen molar-refractivity contribution in [1.29, 1.82) is 5.26 Å². The number of nitrogens with zero attached hydrogens (tertiary/aromatic N) is 3. The normalized spacial score (nSPS) is 10.8. The van der Waals surface area contributed by atoms with Gasteiger partial charge in [0.05, 0.1) is 12.2 Å². The van der Waals surface area contributed by atoms with Crippen molar-refractivity contribution >= 4 is 32.5 Å². The maximum absolute atomic E-state index is 9.62. The van der Waals surface area contributed by atoms with Crippen molar-refractivity contribution in [2.24, 2.45) is 0 Å². The summed E-state index contributed by atoms with van der Waals surface area (Å²) in [6.07, 6.45) is 0.571. The quantitative estimate of drug-likeness (QED) is 0.514. The third-order valence-electron chi connectivity index (χ3n) is 4.66. The van der Waals surface area contributed by atoms with E-state index in [-0.39, 0.29) is 0 Å². The van der Waals surface area contributed by atoms with Gasteiger partial charge in [0, 0.05) is 10.9 Å². The molecule has 0 amide bonds. The maximum Gasteiger partial charge on any atom is 0.140 e. The molecule has 0 fully saturated rings. The average Bonchev–Trinajstić information content (AvgIpc) is 2.98. The molecule has 4 rings (SSSR count). The van der Waals surface area contributed by atoms with Crippen LogP contribution < -0.4 is 5.73 Å². The summed E-state index contributed by atoms with van der Waals surface area (Å²) in [4.78, 5) is 0. The lowest BCUT2D eigenvalue weighted by Gasteiger charge is -2.05. The Hall–Kier alpha value is -3.10. The Bertz CT molecular complexity index is 1150. The van der Waals surface area contributed by atoms with Crippen LogP contribution in [-0.4, -0.2) is 9.78 Å². The molecule has 0 saturated heterocycles. The van der Waals surface area contributed by atoms with Crippen molar-refractivity contribution in [3.05, 3.63) is 93.6 Å². The second-order valence-electron chi connectivity index (χ2n) is 6.42. The highest BCUT2D eigenvalue weighted by molar-refractivity contribution is 9.10. The molecule has 27 heavy (non-hydrogen) atoms. The minimum atomic E-state index is 0.413. The van der Waals surface area contributed by atoms with Crippen LogP contribution in [0.3, 0.4) is 0 Å². The molecule has 0 bridgehead atoms. The largest absolute Gasteiger partial charge is 0.383 e. The predicted molar refractivity (Wildman–Crippen MR) is 111 cm³/mol. The van der Waals surface area contributed by atoms with Crippen LogP contribution in [0.25, 0.3) is 10.8 Å². The van der Waals surface area contributed by atoms with Gasteiger partial charge in [-0.15, -0.1) is 0 Å². The number of hydrogen-bond donors (Lipinski definition) is 1. The summed E-state index contributed by atoms with van der Waals surface area (Å²) in [5.74, 6) is 0.413. The van der Waals surface area contributed by atoms with Crippen LogP contribution in [0.15, 0.2) is 71.2 Å². The van der Waals surface area contributed by atoms with E-state index >= 15 is 0 Å². The number of hydrogen-bond acceptors (Lipinski definition) is 3. The minimum Gasteiger partial charge on any atom is -0.383 e. The smallest absolute Gasteiger partial charge is 0.140 e. The van der Waals surface area contributed by atoms with Gasteiger partial charge in [-0.25, -0.2) is 4.68 Å². The second kappa shape index (κ2) is 7.26. The van der Waals surface area contributed by atoms with E-state index in [0.717, 1.165) is 15.6 Å². The third-order valence-corrected chi connectivity index (χ3v) is 5.19. The molecule has 0 atom stereocenters. The molecule has 0 saturated carbocycles. The standard InChI is InChI=1S/C22H17BrN4/c23-18-10-8-15(9-11-18)14-27-22(25)20(13-24)21(26-27)12-17-6-3-5-16-4-1-2-7-19(16)17/h1-11H,12,14,25H2. The van der Waals surface area contributed by atoms with Crippen molar-refractivity contribution < 1.29 is 0 Å². The summed E-state index contributed by atoms with van der Waals surface area (Å²) in [6, 6.07) is 24.7. The Morgan fingerprint density at radius 3 is 2.52 bits per heavy atom. The first kappa shape index (κ1) is 17.3. The van der Waals surface area contributed by atoms with Crippen molar-refractivity contribution in [3.8, 4) is 6.07 Å². The summed E-state index contributed by atoms with van der Waals surface area (Å²) < 4.78 is 2.73. The fourth-order valence-corrected chi connectivity index (χ4v) is 3.55. The highest BCUT2D eigenvalue weighted by Crippen LogP contribution is 2.25. The zero-order chi connectivity index (χ0) is 18.8. The van der Waals surface area contributed by atoms with Crippen LogP contribution >= 0.6 is 15.9 Å². The van der Waals surface area contributed by atoms with E-state index in [1.165, 1.54) is 10.8 Å². The third kappa shape index (κ3) is 3.44. The van der Waals surface area contributed by atoms with Crippen molar-refractivity contribution in [2.45, 2.75) is 13.0 Å². The number of nitrogens with two attached hydrogens (primary N) is 1. The van der Waals surface area contributed by atoms with E-state index in [9.17, 15) is 5.26 Å². The molecule has 0 aliphatic heterocycles. The summed E-state index contributed by atoms with van der Waals surface area (Å²) in [5, 5.41) is 16.6. The zero-order valence-corrected chi connectivity index (χ0v) is 16.1. The van der Waals surface area contributed by atoms with Crippen LogP contribution in [0.1, 0.15) is 22.4 Å². The van der Waals surface area contributed by atoms with E-state index in [1.807, 2.05) is 42.5 Å². The number of aromatic nitrogens is 2. The Balaban J connectivity index is 1.70. The lowest BCUT2D eigenvalue weighted by Crippen LogP contribution is -2.06. The summed E-state index contributed by atoms with van der Waals surface area (Å²) in [5.41, 5.74) is 9.61. The van der Waals surface area contributed by atoms with Gasteiger partial charge in [-0.1, -0.05) is 70.5 Å². The highest BCUT2D eigenvalue weighted by atomic mass is 79.9. The highest BCUT2D eigenvalue weighted by Gasteiger charge is 2.17. The Labute approximate surface area is 166 Å². The van der Waals surface area contributed by atoms with Gasteiger partial charge in [-0.05, 0) is 34.0 Å². The molecular weight excluding hydrogens is 400 g/mol.